The maximum absolute atomic E-state index is 10.9. The van der Waals surface area contributed by atoms with Crippen molar-refractivity contribution in [3.8, 4) is 0 Å². The smallest absolute Gasteiger partial charge is 0.322 e. The first-order valence-electron chi connectivity index (χ1n) is 6.13. The maximum Gasteiger partial charge on any atom is 0.322 e. The van der Waals surface area contributed by atoms with Gasteiger partial charge in [0.2, 0.25) is 5.91 Å². The number of unbranched alkanes of at least 4 members (excludes halogenated alkanes) is 1. The lowest BCUT2D eigenvalue weighted by atomic mass is 10.1. The molecule has 0 aliphatic rings. The van der Waals surface area contributed by atoms with E-state index in [1.807, 2.05) is 0 Å². The van der Waals surface area contributed by atoms with Gasteiger partial charge in [-0.15, -0.1) is 0 Å². The van der Waals surface area contributed by atoms with Gasteiger partial charge in [-0.25, -0.2) is 5.43 Å². The minimum absolute atomic E-state index is 0.103. The van der Waals surface area contributed by atoms with Gasteiger partial charge in [0.25, 0.3) is 10.1 Å². The molecular formula is C10H21N3O6S. The van der Waals surface area contributed by atoms with Gasteiger partial charge in [-0.3, -0.25) is 19.6 Å². The van der Waals surface area contributed by atoms with Gasteiger partial charge in [-0.1, -0.05) is 0 Å². The van der Waals surface area contributed by atoms with E-state index < -0.39 is 27.9 Å². The number of carboxylic acids is 1. The monoisotopic (exact) mass is 311 g/mol. The van der Waals surface area contributed by atoms with Crippen LogP contribution in [0.2, 0.25) is 0 Å². The first-order valence-corrected chi connectivity index (χ1v) is 7.74. The van der Waals surface area contributed by atoms with Crippen molar-refractivity contribution in [3.63, 3.8) is 0 Å². The van der Waals surface area contributed by atoms with Crippen molar-refractivity contribution in [2.75, 3.05) is 18.8 Å². The van der Waals surface area contributed by atoms with Crippen LogP contribution >= 0.6 is 0 Å². The summed E-state index contributed by atoms with van der Waals surface area (Å²) in [4.78, 5) is 21.5. The lowest BCUT2D eigenvalue weighted by molar-refractivity contribution is -0.140. The topological polar surface area (TPSA) is 145 Å². The van der Waals surface area contributed by atoms with Crippen molar-refractivity contribution in [3.05, 3.63) is 0 Å². The number of hydrazine groups is 1. The second-order valence-corrected chi connectivity index (χ2v) is 5.80. The number of aliphatic carboxylic acids is 1. The van der Waals surface area contributed by atoms with Crippen LogP contribution in [-0.2, 0) is 19.7 Å². The molecule has 118 valence electrons. The minimum Gasteiger partial charge on any atom is -0.480 e. The van der Waals surface area contributed by atoms with Gasteiger partial charge in [0, 0.05) is 20.0 Å². The van der Waals surface area contributed by atoms with E-state index in [1.54, 1.807) is 0 Å². The van der Waals surface area contributed by atoms with Crippen molar-refractivity contribution in [2.45, 2.75) is 32.2 Å². The summed E-state index contributed by atoms with van der Waals surface area (Å²) in [6.45, 7) is 1.78. The SMILES string of the molecule is CC(=O)NCCCC[C@H](NNCCS(=O)(=O)O)C(=O)O. The number of hydrogen-bond donors (Lipinski definition) is 5. The van der Waals surface area contributed by atoms with Gasteiger partial charge in [-0.2, -0.15) is 8.42 Å². The molecule has 20 heavy (non-hydrogen) atoms. The summed E-state index contributed by atoms with van der Waals surface area (Å²) in [6.07, 6.45) is 1.56. The fraction of sp³-hybridized carbons (Fsp3) is 0.800. The Morgan fingerprint density at radius 2 is 1.85 bits per heavy atom. The maximum atomic E-state index is 10.9. The number of carbonyl (C=O) groups is 2. The summed E-state index contributed by atoms with van der Waals surface area (Å²) in [5, 5.41) is 11.5. The summed E-state index contributed by atoms with van der Waals surface area (Å²) in [6, 6.07) is -0.867. The average Bonchev–Trinajstić information content (AvgIpc) is 2.29. The molecule has 0 radical (unpaired) electrons. The summed E-state index contributed by atoms with van der Waals surface area (Å²) >= 11 is 0. The van der Waals surface area contributed by atoms with E-state index in [-0.39, 0.29) is 12.5 Å². The number of nitrogens with one attached hydrogen (secondary N) is 3. The molecule has 0 unspecified atom stereocenters. The van der Waals surface area contributed by atoms with Crippen molar-refractivity contribution in [1.82, 2.24) is 16.2 Å². The van der Waals surface area contributed by atoms with Gasteiger partial charge < -0.3 is 10.4 Å². The van der Waals surface area contributed by atoms with E-state index in [9.17, 15) is 18.0 Å². The van der Waals surface area contributed by atoms with E-state index in [2.05, 4.69) is 16.2 Å². The lowest BCUT2D eigenvalue weighted by Gasteiger charge is -2.15. The normalized spacial score (nSPS) is 12.9. The second-order valence-electron chi connectivity index (χ2n) is 4.23. The zero-order chi connectivity index (χ0) is 15.6. The Morgan fingerprint density at radius 3 is 2.35 bits per heavy atom. The zero-order valence-corrected chi connectivity index (χ0v) is 12.1. The third-order valence-electron chi connectivity index (χ3n) is 2.35. The number of rotatable bonds is 11. The molecule has 0 fully saturated rings. The Labute approximate surface area is 117 Å². The molecule has 9 nitrogen and oxygen atoms in total. The van der Waals surface area contributed by atoms with Gasteiger partial charge in [-0.05, 0) is 19.3 Å². The molecule has 0 aromatic heterocycles. The van der Waals surface area contributed by atoms with Crippen LogP contribution in [0.5, 0.6) is 0 Å². The standard InChI is InChI=1S/C10H21N3O6S/c1-8(14)11-5-3-2-4-9(10(15)16)13-12-6-7-20(17,18)19/h9,12-13H,2-7H2,1H3,(H,11,14)(H,15,16)(H,17,18,19)/t9-/m0/s1. The molecule has 10 heteroatoms. The molecule has 0 spiro atoms. The van der Waals surface area contributed by atoms with E-state index in [1.165, 1.54) is 6.92 Å². The third kappa shape index (κ3) is 11.8. The zero-order valence-electron chi connectivity index (χ0n) is 11.3. The van der Waals surface area contributed by atoms with Crippen molar-refractivity contribution >= 4 is 22.0 Å². The molecule has 1 atom stereocenters. The van der Waals surface area contributed by atoms with Crippen molar-refractivity contribution in [2.24, 2.45) is 0 Å². The Hall–Kier alpha value is -1.23. The molecule has 0 aliphatic heterocycles. The largest absolute Gasteiger partial charge is 0.480 e. The third-order valence-corrected chi connectivity index (χ3v) is 3.07. The van der Waals surface area contributed by atoms with Gasteiger partial charge in [0.1, 0.15) is 6.04 Å². The van der Waals surface area contributed by atoms with Crippen LogP contribution in [0, 0.1) is 0 Å². The predicted octanol–water partition coefficient (Wildman–Crippen LogP) is -1.27. The van der Waals surface area contributed by atoms with Crippen LogP contribution in [-0.4, -0.2) is 54.8 Å². The number of amides is 1. The van der Waals surface area contributed by atoms with Crippen LogP contribution in [0.1, 0.15) is 26.2 Å². The molecule has 1 amide bonds. The molecule has 0 rings (SSSR count). The van der Waals surface area contributed by atoms with Crippen LogP contribution < -0.4 is 16.2 Å². The van der Waals surface area contributed by atoms with E-state index in [0.717, 1.165) is 0 Å². The molecule has 5 N–H and O–H groups in total. The predicted molar refractivity (Wildman–Crippen MR) is 71.5 cm³/mol. The van der Waals surface area contributed by atoms with Gasteiger partial charge >= 0.3 is 5.97 Å². The molecule has 0 saturated heterocycles. The number of carboxylic acid groups (broad SMARTS) is 1. The molecule has 0 heterocycles. The summed E-state index contributed by atoms with van der Waals surface area (Å²) in [5.41, 5.74) is 4.92. The molecule has 0 aliphatic carbocycles. The van der Waals surface area contributed by atoms with Crippen LogP contribution in [0.25, 0.3) is 0 Å². The molecule has 0 saturated carbocycles. The fourth-order valence-electron chi connectivity index (χ4n) is 1.37. The Balaban J connectivity index is 3.82. The highest BCUT2D eigenvalue weighted by Gasteiger charge is 2.16. The highest BCUT2D eigenvalue weighted by Crippen LogP contribution is 2.00. The quantitative estimate of drug-likeness (QED) is 0.180. The summed E-state index contributed by atoms with van der Waals surface area (Å²) in [5.74, 6) is -1.71. The summed E-state index contributed by atoms with van der Waals surface area (Å²) < 4.78 is 29.4. The number of carbonyl (C=O) groups excluding carboxylic acids is 1. The highest BCUT2D eigenvalue weighted by atomic mass is 32.2. The number of hydrogen-bond acceptors (Lipinski definition) is 6. The van der Waals surface area contributed by atoms with Gasteiger partial charge in [0.05, 0.1) is 5.75 Å². The van der Waals surface area contributed by atoms with Gasteiger partial charge in [0.15, 0.2) is 0 Å². The molecule has 0 aromatic carbocycles. The van der Waals surface area contributed by atoms with E-state index >= 15 is 0 Å². The van der Waals surface area contributed by atoms with Crippen LogP contribution in [0.3, 0.4) is 0 Å². The fourth-order valence-corrected chi connectivity index (χ4v) is 1.73. The van der Waals surface area contributed by atoms with E-state index in [4.69, 9.17) is 9.66 Å². The van der Waals surface area contributed by atoms with E-state index in [0.29, 0.717) is 25.8 Å². The molecule has 0 aromatic rings. The highest BCUT2D eigenvalue weighted by molar-refractivity contribution is 7.85. The van der Waals surface area contributed by atoms with Crippen molar-refractivity contribution in [1.29, 1.82) is 0 Å². The lowest BCUT2D eigenvalue weighted by Crippen LogP contribution is -2.46. The van der Waals surface area contributed by atoms with Crippen molar-refractivity contribution < 1.29 is 27.7 Å². The molecular weight excluding hydrogens is 290 g/mol. The minimum atomic E-state index is -4.06. The first-order chi connectivity index (χ1) is 9.22. The Morgan fingerprint density at radius 1 is 1.20 bits per heavy atom. The molecule has 0 bridgehead atoms. The Bertz CT molecular complexity index is 411. The second kappa shape index (κ2) is 9.64. The average molecular weight is 311 g/mol. The summed E-state index contributed by atoms with van der Waals surface area (Å²) in [7, 11) is -4.06. The van der Waals surface area contributed by atoms with Crippen LogP contribution in [0.4, 0.5) is 0 Å². The first kappa shape index (κ1) is 18.8. The Kier molecular flexibility index (Phi) is 9.05. The van der Waals surface area contributed by atoms with Crippen LogP contribution in [0.15, 0.2) is 0 Å².